The van der Waals surface area contributed by atoms with Crippen LogP contribution in [0.5, 0.6) is 0 Å². The van der Waals surface area contributed by atoms with E-state index in [2.05, 4.69) is 25.6 Å². The number of aromatic amines is 1. The molecule has 2 aromatic carbocycles. The predicted octanol–water partition coefficient (Wildman–Crippen LogP) is 4.72. The van der Waals surface area contributed by atoms with Gasteiger partial charge in [0.2, 0.25) is 0 Å². The Kier molecular flexibility index (Phi) is 7.15. The number of thiophene rings is 1. The van der Waals surface area contributed by atoms with Gasteiger partial charge in [-0.1, -0.05) is 35.9 Å². The van der Waals surface area contributed by atoms with Gasteiger partial charge < -0.3 is 10.3 Å². The fourth-order valence-electron chi connectivity index (χ4n) is 3.88. The number of para-hydroxylation sites is 1. The number of amides is 1. The number of nitrogens with zero attached hydrogens (tertiary/aromatic N) is 4. The number of carbonyl (C=O) groups is 1. The van der Waals surface area contributed by atoms with Crippen LogP contribution in [-0.2, 0) is 16.3 Å². The van der Waals surface area contributed by atoms with Crippen LogP contribution in [0.15, 0.2) is 71.6 Å². The van der Waals surface area contributed by atoms with Crippen LogP contribution >= 0.6 is 22.9 Å². The Morgan fingerprint density at radius 2 is 1.84 bits per heavy atom. The van der Waals surface area contributed by atoms with Gasteiger partial charge in [-0.15, -0.1) is 21.5 Å². The third kappa shape index (κ3) is 5.54. The largest absolute Gasteiger partial charge is 0.350 e. The number of hydrogen-bond donors (Lipinski definition) is 2. The molecule has 0 bridgehead atoms. The van der Waals surface area contributed by atoms with Crippen molar-refractivity contribution in [3.05, 3.63) is 89.1 Å². The van der Waals surface area contributed by atoms with Gasteiger partial charge in [0.05, 0.1) is 26.2 Å². The number of hydrogen-bond acceptors (Lipinski definition) is 7. The topological polar surface area (TPSA) is 123 Å². The lowest BCUT2D eigenvalue weighted by atomic mass is 10.2. The monoisotopic (exact) mass is 566 g/mol. The molecule has 0 aliphatic heterocycles. The van der Waals surface area contributed by atoms with Gasteiger partial charge in [0.1, 0.15) is 11.6 Å². The van der Waals surface area contributed by atoms with E-state index in [1.807, 2.05) is 43.3 Å². The molecule has 1 amide bonds. The molecule has 194 valence electrons. The van der Waals surface area contributed by atoms with Gasteiger partial charge in [0.15, 0.2) is 15.5 Å². The van der Waals surface area contributed by atoms with Gasteiger partial charge >= 0.3 is 0 Å². The van der Waals surface area contributed by atoms with Crippen molar-refractivity contribution in [2.45, 2.75) is 18.2 Å². The Hall–Kier alpha value is -3.80. The van der Waals surface area contributed by atoms with E-state index in [1.54, 1.807) is 35.0 Å². The summed E-state index contributed by atoms with van der Waals surface area (Å²) < 4.78 is 25.7. The highest BCUT2D eigenvalue weighted by molar-refractivity contribution is 7.90. The van der Waals surface area contributed by atoms with Crippen LogP contribution in [-0.4, -0.2) is 52.1 Å². The van der Waals surface area contributed by atoms with Crippen LogP contribution in [0.4, 0.5) is 0 Å². The molecule has 5 aromatic rings. The Balaban J connectivity index is 1.47. The van der Waals surface area contributed by atoms with Crippen molar-refractivity contribution in [2.24, 2.45) is 0 Å². The zero-order chi connectivity index (χ0) is 26.9. The molecule has 0 aliphatic carbocycles. The van der Waals surface area contributed by atoms with E-state index in [-0.39, 0.29) is 16.5 Å². The minimum Gasteiger partial charge on any atom is -0.350 e. The molecule has 0 atom stereocenters. The number of H-pyrrole nitrogens is 1. The Morgan fingerprint density at radius 1 is 1.05 bits per heavy atom. The molecule has 12 heteroatoms. The molecular formula is C26H23ClN6O3S2. The lowest BCUT2D eigenvalue weighted by Crippen LogP contribution is -2.26. The maximum atomic E-state index is 13.0. The maximum Gasteiger partial charge on any atom is 0.271 e. The van der Waals surface area contributed by atoms with Crippen LogP contribution in [0.25, 0.3) is 26.7 Å². The van der Waals surface area contributed by atoms with Crippen LogP contribution in [0.1, 0.15) is 22.1 Å². The first kappa shape index (κ1) is 25.8. The van der Waals surface area contributed by atoms with Crippen molar-refractivity contribution in [2.75, 3.05) is 12.8 Å². The quantitative estimate of drug-likeness (QED) is 0.280. The molecule has 3 heterocycles. The highest BCUT2D eigenvalue weighted by Gasteiger charge is 2.20. The van der Waals surface area contributed by atoms with E-state index < -0.39 is 9.84 Å². The number of halogens is 1. The minimum atomic E-state index is -3.33. The molecule has 0 radical (unpaired) electrons. The summed E-state index contributed by atoms with van der Waals surface area (Å²) in [5.74, 6) is 1.08. The third-order valence-corrected chi connectivity index (χ3v) is 8.31. The summed E-state index contributed by atoms with van der Waals surface area (Å²) in [6.07, 6.45) is 1.69. The first-order chi connectivity index (χ1) is 18.2. The molecule has 0 spiro atoms. The van der Waals surface area contributed by atoms with E-state index in [0.29, 0.717) is 41.0 Å². The fourth-order valence-corrected chi connectivity index (χ4v) is 5.76. The standard InChI is InChI=1S/C26H23ClN6O3S2/c1-16-29-25(31-30-16)12-13-28-26(34)20-15-22(33(32-20)21-9-4-3-8-19(21)27)24-11-10-23(37-24)17-6-5-7-18(14-17)38(2,35)36/h3-11,14-15H,12-13H2,1-2H3,(H,28,34)(H,29,30,31). The van der Waals surface area contributed by atoms with Gasteiger partial charge in [-0.05, 0) is 55.0 Å². The van der Waals surface area contributed by atoms with E-state index in [4.69, 9.17) is 11.6 Å². The van der Waals surface area contributed by atoms with Crippen molar-refractivity contribution < 1.29 is 13.2 Å². The minimum absolute atomic E-state index is 0.239. The third-order valence-electron chi connectivity index (χ3n) is 5.72. The summed E-state index contributed by atoms with van der Waals surface area (Å²) in [6.45, 7) is 2.18. The van der Waals surface area contributed by atoms with Gasteiger partial charge in [0, 0.05) is 24.1 Å². The number of benzene rings is 2. The highest BCUT2D eigenvalue weighted by atomic mass is 35.5. The smallest absolute Gasteiger partial charge is 0.271 e. The van der Waals surface area contributed by atoms with Crippen LogP contribution < -0.4 is 5.32 Å². The Morgan fingerprint density at radius 3 is 2.58 bits per heavy atom. The van der Waals surface area contributed by atoms with Crippen molar-refractivity contribution in [3.63, 3.8) is 0 Å². The van der Waals surface area contributed by atoms with E-state index >= 15 is 0 Å². The maximum absolute atomic E-state index is 13.0. The summed E-state index contributed by atoms with van der Waals surface area (Å²) in [6, 6.07) is 19.7. The number of sulfone groups is 1. The first-order valence-electron chi connectivity index (χ1n) is 11.6. The van der Waals surface area contributed by atoms with Crippen molar-refractivity contribution in [1.29, 1.82) is 0 Å². The number of aromatic nitrogens is 5. The van der Waals surface area contributed by atoms with Crippen LogP contribution in [0, 0.1) is 6.92 Å². The predicted molar refractivity (Wildman–Crippen MR) is 148 cm³/mol. The second-order valence-electron chi connectivity index (χ2n) is 8.60. The average Bonchev–Trinajstić information content (AvgIpc) is 3.63. The van der Waals surface area contributed by atoms with Crippen LogP contribution in [0.2, 0.25) is 5.02 Å². The summed E-state index contributed by atoms with van der Waals surface area (Å²) in [5, 5.41) is 15.9. The van der Waals surface area contributed by atoms with Gasteiger partial charge in [-0.3, -0.25) is 4.79 Å². The summed E-state index contributed by atoms with van der Waals surface area (Å²) in [7, 11) is -3.33. The second-order valence-corrected chi connectivity index (χ2v) is 12.1. The molecule has 3 aromatic heterocycles. The summed E-state index contributed by atoms with van der Waals surface area (Å²) >= 11 is 7.96. The van der Waals surface area contributed by atoms with Gasteiger partial charge in [-0.25, -0.2) is 13.1 Å². The zero-order valence-corrected chi connectivity index (χ0v) is 22.9. The number of aryl methyl sites for hydroxylation is 1. The molecule has 0 unspecified atom stereocenters. The van der Waals surface area contributed by atoms with Crippen molar-refractivity contribution in [3.8, 4) is 26.7 Å². The lowest BCUT2D eigenvalue weighted by Gasteiger charge is -2.08. The normalized spacial score (nSPS) is 11.6. The SMILES string of the molecule is Cc1nnc(CCNC(=O)c2cc(-c3ccc(-c4cccc(S(C)(=O)=O)c4)s3)n(-c3ccccc3Cl)n2)[nH]1. The lowest BCUT2D eigenvalue weighted by molar-refractivity contribution is 0.0948. The Labute approximate surface area is 228 Å². The van der Waals surface area contributed by atoms with Crippen LogP contribution in [0.3, 0.4) is 0 Å². The summed E-state index contributed by atoms with van der Waals surface area (Å²) in [4.78, 5) is 18.0. The highest BCUT2D eigenvalue weighted by Crippen LogP contribution is 2.37. The molecule has 0 saturated carbocycles. The van der Waals surface area contributed by atoms with Gasteiger partial charge in [0.25, 0.3) is 5.91 Å². The number of carbonyl (C=O) groups excluding carboxylic acids is 1. The van der Waals surface area contributed by atoms with E-state index in [9.17, 15) is 13.2 Å². The van der Waals surface area contributed by atoms with Gasteiger partial charge in [-0.2, -0.15) is 5.10 Å². The molecule has 0 fully saturated rings. The molecule has 2 N–H and O–H groups in total. The van der Waals surface area contributed by atoms with Crippen molar-refractivity contribution >= 4 is 38.7 Å². The van der Waals surface area contributed by atoms with E-state index in [1.165, 1.54) is 17.6 Å². The Bertz CT molecular complexity index is 1740. The fraction of sp³-hybridized carbons (Fsp3) is 0.154. The summed E-state index contributed by atoms with van der Waals surface area (Å²) in [5.41, 5.74) is 2.34. The molecule has 38 heavy (non-hydrogen) atoms. The molecule has 5 rings (SSSR count). The first-order valence-corrected chi connectivity index (χ1v) is 14.7. The number of rotatable bonds is 8. The molecular weight excluding hydrogens is 544 g/mol. The van der Waals surface area contributed by atoms with Crippen molar-refractivity contribution in [1.82, 2.24) is 30.3 Å². The molecule has 0 saturated heterocycles. The van der Waals surface area contributed by atoms with E-state index in [0.717, 1.165) is 15.3 Å². The number of nitrogens with one attached hydrogen (secondary N) is 2. The average molecular weight is 567 g/mol. The molecule has 9 nitrogen and oxygen atoms in total. The molecule has 0 aliphatic rings. The zero-order valence-electron chi connectivity index (χ0n) is 20.5. The second kappa shape index (κ2) is 10.5.